The van der Waals surface area contributed by atoms with E-state index >= 15 is 0 Å². The van der Waals surface area contributed by atoms with Crippen molar-refractivity contribution >= 4 is 52.1 Å². The lowest BCUT2D eigenvalue weighted by Crippen LogP contribution is -2.37. The Morgan fingerprint density at radius 2 is 1.79 bits per heavy atom. The highest BCUT2D eigenvalue weighted by Gasteiger charge is 2.44. The molecule has 0 radical (unpaired) electrons. The average Bonchev–Trinajstić information content (AvgIpc) is 3.43. The second kappa shape index (κ2) is 10.4. The Morgan fingerprint density at radius 1 is 1.08 bits per heavy atom. The van der Waals surface area contributed by atoms with Gasteiger partial charge >= 0.3 is 5.57 Å². The number of nitrogens with one attached hydrogen (secondary N) is 1. The average molecular weight is 560 g/mol. The van der Waals surface area contributed by atoms with Gasteiger partial charge in [0.1, 0.15) is 11.8 Å². The molecule has 0 aliphatic carbocycles. The van der Waals surface area contributed by atoms with Crippen LogP contribution < -0.4 is 24.4 Å². The molecule has 1 unspecified atom stereocenters. The van der Waals surface area contributed by atoms with Crippen molar-refractivity contribution in [2.24, 2.45) is 0 Å². The number of thiocarbonyl (C=S) groups is 1. The smallest absolute Gasteiger partial charge is 0.454 e. The van der Waals surface area contributed by atoms with Crippen molar-refractivity contribution in [1.29, 1.82) is 0 Å². The van der Waals surface area contributed by atoms with Crippen molar-refractivity contribution < 1.29 is 32.6 Å². The number of fused-ring (bicyclic) bond motifs is 1. The van der Waals surface area contributed by atoms with Gasteiger partial charge in [0.25, 0.3) is 5.91 Å². The first-order chi connectivity index (χ1) is 18.2. The van der Waals surface area contributed by atoms with E-state index in [1.54, 1.807) is 35.2 Å². The minimum atomic E-state index is -3.85. The Labute approximate surface area is 226 Å². The predicted octanol–water partition coefficient (Wildman–Crippen LogP) is 5.11. The van der Waals surface area contributed by atoms with Gasteiger partial charge in [0.15, 0.2) is 16.6 Å². The van der Waals surface area contributed by atoms with Gasteiger partial charge in [0.05, 0.1) is 12.1 Å². The highest BCUT2D eigenvalue weighted by molar-refractivity contribution is 7.80. The monoisotopic (exact) mass is 559 g/mol. The van der Waals surface area contributed by atoms with Gasteiger partial charge in [-0.05, 0) is 66.3 Å². The molecule has 0 spiro atoms. The van der Waals surface area contributed by atoms with Crippen LogP contribution in [0.3, 0.4) is 0 Å². The van der Waals surface area contributed by atoms with Gasteiger partial charge in [-0.3, -0.25) is 14.5 Å². The number of hydrogen-bond donors (Lipinski definition) is 1. The molecule has 196 valence electrons. The van der Waals surface area contributed by atoms with E-state index in [4.69, 9.17) is 33.3 Å². The molecular weight excluding hydrogens is 540 g/mol. The van der Waals surface area contributed by atoms with E-state index < -0.39 is 17.5 Å². The van der Waals surface area contributed by atoms with E-state index in [1.807, 2.05) is 18.2 Å². The topological polar surface area (TPSA) is 80.3 Å². The van der Waals surface area contributed by atoms with Crippen molar-refractivity contribution in [3.8, 4) is 17.2 Å². The van der Waals surface area contributed by atoms with Crippen LogP contribution in [0.25, 0.3) is 0 Å². The Bertz CT molecular complexity index is 1370. The first-order valence-corrected chi connectivity index (χ1v) is 12.2. The van der Waals surface area contributed by atoms with Crippen molar-refractivity contribution in [3.05, 3.63) is 78.4 Å². The maximum atomic E-state index is 13.5. The third-order valence-corrected chi connectivity index (χ3v) is 6.37. The molecule has 3 aromatic carbocycles. The third kappa shape index (κ3) is 5.63. The van der Waals surface area contributed by atoms with Gasteiger partial charge < -0.3 is 24.4 Å². The summed E-state index contributed by atoms with van der Waals surface area (Å²) in [6, 6.07) is 18.7. The van der Waals surface area contributed by atoms with Crippen LogP contribution in [0.1, 0.15) is 12.0 Å². The second-order valence-corrected chi connectivity index (χ2v) is 9.25. The highest BCUT2D eigenvalue weighted by Crippen LogP contribution is 2.35. The fraction of sp³-hybridized carbons (Fsp3) is 0.192. The minimum Gasteiger partial charge on any atom is -0.454 e. The maximum Gasteiger partial charge on any atom is 0.487 e. The van der Waals surface area contributed by atoms with Crippen LogP contribution in [0.2, 0.25) is 0 Å². The van der Waals surface area contributed by atoms with Crippen LogP contribution in [0, 0.1) is 0 Å². The molecule has 3 aromatic rings. The van der Waals surface area contributed by atoms with E-state index in [-0.39, 0.29) is 36.5 Å². The lowest BCUT2D eigenvalue weighted by atomic mass is 10.1. The van der Waals surface area contributed by atoms with Gasteiger partial charge in [-0.25, -0.2) is 0 Å². The summed E-state index contributed by atoms with van der Waals surface area (Å²) in [5, 5.41) is 2.94. The molecule has 12 heteroatoms. The van der Waals surface area contributed by atoms with Crippen molar-refractivity contribution in [1.82, 2.24) is 4.90 Å². The minimum absolute atomic E-state index is 0.130. The zero-order valence-corrected chi connectivity index (χ0v) is 21.2. The molecule has 0 bridgehead atoms. The number of amides is 2. The van der Waals surface area contributed by atoms with E-state index in [2.05, 4.69) is 10.1 Å². The van der Waals surface area contributed by atoms with Crippen LogP contribution in [0.15, 0.2) is 72.8 Å². The molecule has 1 fully saturated rings. The summed E-state index contributed by atoms with van der Waals surface area (Å²) >= 11 is 10.5. The standard InChI is InChI=1S/C26H20ClF2N3O5S/c27-26(28,29)37-19-9-7-17(8-10-19)30-23(33)13-20-24(34)32(18-4-2-1-3-5-18)25(38)31(20)14-16-6-11-21-22(12-16)36-15-35-21/h1-12,20H,13-15H2,(H,30,33). The van der Waals surface area contributed by atoms with Gasteiger partial charge in [-0.1, -0.05) is 24.3 Å². The summed E-state index contributed by atoms with van der Waals surface area (Å²) < 4.78 is 40.8. The van der Waals surface area contributed by atoms with E-state index in [0.29, 0.717) is 22.9 Å². The Kier molecular flexibility index (Phi) is 7.04. The molecule has 2 aliphatic heterocycles. The van der Waals surface area contributed by atoms with E-state index in [1.165, 1.54) is 29.2 Å². The SMILES string of the molecule is O=C(CC1C(=O)N(c2ccccc2)C(=S)N1Cc1ccc2c(c1)OCO2)Nc1ccc(OC(F)(F)Cl)cc1. The summed E-state index contributed by atoms with van der Waals surface area (Å²) in [5.41, 5.74) is -2.11. The molecule has 1 saturated heterocycles. The normalized spacial score (nSPS) is 16.7. The number of hydrogen-bond acceptors (Lipinski definition) is 6. The molecule has 0 saturated carbocycles. The van der Waals surface area contributed by atoms with Crippen LogP contribution in [-0.2, 0) is 16.1 Å². The summed E-state index contributed by atoms with van der Waals surface area (Å²) in [7, 11) is 0. The molecule has 2 amide bonds. The van der Waals surface area contributed by atoms with Crippen molar-refractivity contribution in [2.45, 2.75) is 24.6 Å². The van der Waals surface area contributed by atoms with Crippen LogP contribution in [0.5, 0.6) is 17.2 Å². The number of carbonyl (C=O) groups excluding carboxylic acids is 2. The first kappa shape index (κ1) is 25.7. The molecular formula is C26H20ClF2N3O5S. The number of benzene rings is 3. The molecule has 38 heavy (non-hydrogen) atoms. The Hall–Kier alpha value is -3.96. The predicted molar refractivity (Wildman–Crippen MR) is 140 cm³/mol. The third-order valence-electron chi connectivity index (χ3n) is 5.87. The fourth-order valence-corrected chi connectivity index (χ4v) is 4.67. The van der Waals surface area contributed by atoms with Crippen molar-refractivity contribution in [2.75, 3.05) is 17.0 Å². The summed E-state index contributed by atoms with van der Waals surface area (Å²) in [4.78, 5) is 29.6. The fourth-order valence-electron chi connectivity index (χ4n) is 4.19. The zero-order valence-electron chi connectivity index (χ0n) is 19.6. The Morgan fingerprint density at radius 3 is 2.50 bits per heavy atom. The molecule has 0 aromatic heterocycles. The lowest BCUT2D eigenvalue weighted by molar-refractivity contribution is -0.124. The largest absolute Gasteiger partial charge is 0.487 e. The van der Waals surface area contributed by atoms with Gasteiger partial charge in [-0.2, -0.15) is 0 Å². The molecule has 8 nitrogen and oxygen atoms in total. The number of rotatable bonds is 8. The lowest BCUT2D eigenvalue weighted by Gasteiger charge is -2.24. The Balaban J connectivity index is 1.35. The highest BCUT2D eigenvalue weighted by atomic mass is 35.5. The second-order valence-electron chi connectivity index (χ2n) is 8.45. The summed E-state index contributed by atoms with van der Waals surface area (Å²) in [5.74, 6) is 0.236. The molecule has 1 atom stereocenters. The number of nitrogens with zero attached hydrogens (tertiary/aromatic N) is 2. The zero-order chi connectivity index (χ0) is 26.9. The summed E-state index contributed by atoms with van der Waals surface area (Å²) in [6.07, 6.45) is -0.204. The molecule has 5 rings (SSSR count). The van der Waals surface area contributed by atoms with Crippen molar-refractivity contribution in [3.63, 3.8) is 0 Å². The quantitative estimate of drug-likeness (QED) is 0.303. The van der Waals surface area contributed by atoms with E-state index in [9.17, 15) is 18.4 Å². The summed E-state index contributed by atoms with van der Waals surface area (Å²) in [6.45, 7) is 0.382. The van der Waals surface area contributed by atoms with Crippen LogP contribution in [0.4, 0.5) is 20.2 Å². The van der Waals surface area contributed by atoms with Gasteiger partial charge in [-0.15, -0.1) is 8.78 Å². The number of carbonyl (C=O) groups is 2. The number of ether oxygens (including phenoxy) is 3. The van der Waals surface area contributed by atoms with Gasteiger partial charge in [0.2, 0.25) is 12.7 Å². The maximum absolute atomic E-state index is 13.5. The van der Waals surface area contributed by atoms with E-state index in [0.717, 1.165) is 5.56 Å². The molecule has 1 N–H and O–H groups in total. The number of anilines is 2. The number of para-hydroxylation sites is 1. The number of halogens is 3. The first-order valence-electron chi connectivity index (χ1n) is 11.4. The number of alkyl halides is 3. The van der Waals surface area contributed by atoms with Gasteiger partial charge in [0, 0.05) is 23.8 Å². The molecule has 2 heterocycles. The molecule has 2 aliphatic rings. The van der Waals surface area contributed by atoms with Crippen LogP contribution in [-0.4, -0.2) is 40.2 Å². The van der Waals surface area contributed by atoms with Crippen LogP contribution >= 0.6 is 23.8 Å².